The average molecular weight is 288 g/mol. The Kier molecular flexibility index (Phi) is 3.66. The van der Waals surface area contributed by atoms with Crippen LogP contribution in [-0.4, -0.2) is 41.3 Å². The number of likely N-dealkylation sites (tertiary alicyclic amines) is 1. The van der Waals surface area contributed by atoms with E-state index < -0.39 is 6.10 Å². The summed E-state index contributed by atoms with van der Waals surface area (Å²) < 4.78 is 0. The highest BCUT2D eigenvalue weighted by Gasteiger charge is 2.41. The van der Waals surface area contributed by atoms with Crippen LogP contribution in [0.3, 0.4) is 0 Å². The molecule has 2 amide bonds. The quantitative estimate of drug-likeness (QED) is 0.877. The Morgan fingerprint density at radius 1 is 1.29 bits per heavy atom. The van der Waals surface area contributed by atoms with Gasteiger partial charge in [-0.05, 0) is 18.4 Å². The van der Waals surface area contributed by atoms with Crippen molar-refractivity contribution in [2.45, 2.75) is 44.8 Å². The molecule has 1 aromatic carbocycles. The van der Waals surface area contributed by atoms with Crippen LogP contribution in [0, 0.1) is 5.41 Å². The lowest BCUT2D eigenvalue weighted by Crippen LogP contribution is -2.50. The first-order chi connectivity index (χ1) is 9.97. The molecule has 3 rings (SSSR count). The van der Waals surface area contributed by atoms with Crippen molar-refractivity contribution in [3.63, 3.8) is 0 Å². The molecule has 1 heterocycles. The number of hydrogen-bond donors (Lipinski definition) is 2. The fourth-order valence-electron chi connectivity index (χ4n) is 3.29. The number of carbonyl (C=O) groups excluding carboxylic acids is 1. The van der Waals surface area contributed by atoms with Gasteiger partial charge in [-0.25, -0.2) is 4.79 Å². The van der Waals surface area contributed by atoms with Gasteiger partial charge in [0.05, 0.1) is 6.10 Å². The molecule has 0 spiro atoms. The molecule has 0 radical (unpaired) electrons. The summed E-state index contributed by atoms with van der Waals surface area (Å²) >= 11 is 0. The third-order valence-corrected chi connectivity index (χ3v) is 4.99. The van der Waals surface area contributed by atoms with Crippen LogP contribution in [0.5, 0.6) is 0 Å². The fraction of sp³-hybridized carbons (Fsp3) is 0.588. The molecule has 0 bridgehead atoms. The van der Waals surface area contributed by atoms with Gasteiger partial charge in [-0.15, -0.1) is 0 Å². The van der Waals surface area contributed by atoms with Gasteiger partial charge in [-0.1, -0.05) is 44.2 Å². The second-order valence-electron chi connectivity index (χ2n) is 7.04. The van der Waals surface area contributed by atoms with Gasteiger partial charge in [0, 0.05) is 30.5 Å². The number of rotatable bonds is 2. The summed E-state index contributed by atoms with van der Waals surface area (Å²) in [5, 5.41) is 13.1. The van der Waals surface area contributed by atoms with E-state index in [9.17, 15) is 9.90 Å². The van der Waals surface area contributed by atoms with Crippen LogP contribution in [-0.2, 0) is 0 Å². The number of aliphatic hydroxyl groups excluding tert-OH is 1. The maximum atomic E-state index is 12.4. The van der Waals surface area contributed by atoms with Crippen molar-refractivity contribution in [1.29, 1.82) is 0 Å². The topological polar surface area (TPSA) is 52.6 Å². The Morgan fingerprint density at radius 2 is 2.00 bits per heavy atom. The highest BCUT2D eigenvalue weighted by Crippen LogP contribution is 2.37. The summed E-state index contributed by atoms with van der Waals surface area (Å²) in [6, 6.07) is 10.6. The molecule has 1 aliphatic heterocycles. The molecule has 4 nitrogen and oxygen atoms in total. The van der Waals surface area contributed by atoms with Crippen molar-refractivity contribution >= 4 is 6.03 Å². The van der Waals surface area contributed by atoms with Gasteiger partial charge in [-0.2, -0.15) is 0 Å². The van der Waals surface area contributed by atoms with E-state index in [1.54, 1.807) is 4.90 Å². The van der Waals surface area contributed by atoms with Gasteiger partial charge >= 0.3 is 6.03 Å². The van der Waals surface area contributed by atoms with Crippen molar-refractivity contribution in [3.05, 3.63) is 35.9 Å². The van der Waals surface area contributed by atoms with E-state index >= 15 is 0 Å². The van der Waals surface area contributed by atoms with Gasteiger partial charge in [0.1, 0.15) is 0 Å². The van der Waals surface area contributed by atoms with E-state index in [2.05, 4.69) is 17.4 Å². The first-order valence-corrected chi connectivity index (χ1v) is 7.76. The van der Waals surface area contributed by atoms with Crippen molar-refractivity contribution < 1.29 is 9.90 Å². The van der Waals surface area contributed by atoms with Gasteiger partial charge in [0.25, 0.3) is 0 Å². The number of nitrogens with one attached hydrogen (secondary N) is 1. The number of β-amino-alcohol motifs (C(OH)–C–C–N with tert-alkyl or cyclic N) is 1. The Balaban J connectivity index is 1.59. The molecule has 1 aliphatic carbocycles. The van der Waals surface area contributed by atoms with Crippen LogP contribution < -0.4 is 5.32 Å². The molecular weight excluding hydrogens is 264 g/mol. The molecule has 2 N–H and O–H groups in total. The van der Waals surface area contributed by atoms with Crippen molar-refractivity contribution in [3.8, 4) is 0 Å². The molecule has 1 unspecified atom stereocenters. The van der Waals surface area contributed by atoms with Gasteiger partial charge in [0.2, 0.25) is 0 Å². The van der Waals surface area contributed by atoms with E-state index in [1.807, 2.05) is 32.0 Å². The lowest BCUT2D eigenvalue weighted by atomic mass is 9.75. The van der Waals surface area contributed by atoms with Crippen LogP contribution in [0.25, 0.3) is 0 Å². The Labute approximate surface area is 126 Å². The first-order valence-electron chi connectivity index (χ1n) is 7.76. The second-order valence-corrected chi connectivity index (χ2v) is 7.04. The zero-order valence-corrected chi connectivity index (χ0v) is 12.7. The van der Waals surface area contributed by atoms with E-state index in [-0.39, 0.29) is 17.5 Å². The lowest BCUT2D eigenvalue weighted by molar-refractivity contribution is 0.0956. The van der Waals surface area contributed by atoms with Crippen molar-refractivity contribution in [2.75, 3.05) is 13.1 Å². The largest absolute Gasteiger partial charge is 0.391 e. The molecule has 4 heteroatoms. The van der Waals surface area contributed by atoms with Gasteiger partial charge in [0.15, 0.2) is 0 Å². The normalized spacial score (nSPS) is 30.8. The van der Waals surface area contributed by atoms with Crippen LogP contribution in [0.1, 0.15) is 38.2 Å². The molecule has 1 saturated heterocycles. The molecule has 2 fully saturated rings. The van der Waals surface area contributed by atoms with Crippen LogP contribution >= 0.6 is 0 Å². The minimum Gasteiger partial charge on any atom is -0.391 e. The highest BCUT2D eigenvalue weighted by atomic mass is 16.3. The zero-order chi connectivity index (χ0) is 15.0. The molecule has 1 aromatic rings. The van der Waals surface area contributed by atoms with Crippen LogP contribution in [0.4, 0.5) is 4.79 Å². The van der Waals surface area contributed by atoms with Gasteiger partial charge < -0.3 is 15.3 Å². The molecule has 2 aliphatic rings. The third kappa shape index (κ3) is 2.77. The molecule has 0 aromatic heterocycles. The minimum atomic E-state index is -0.436. The lowest BCUT2D eigenvalue weighted by Gasteiger charge is -2.38. The molecule has 21 heavy (non-hydrogen) atoms. The second kappa shape index (κ2) is 5.34. The highest BCUT2D eigenvalue weighted by molar-refractivity contribution is 5.75. The Hall–Kier alpha value is -1.55. The van der Waals surface area contributed by atoms with E-state index in [1.165, 1.54) is 5.56 Å². The number of benzene rings is 1. The SMILES string of the molecule is CC1(C)CN(C(=O)N[C@@H]2CC[C@@H]2c2ccccc2)CC1O. The predicted molar refractivity (Wildman–Crippen MR) is 82.1 cm³/mol. The number of amides is 2. The van der Waals surface area contributed by atoms with Crippen molar-refractivity contribution in [1.82, 2.24) is 10.2 Å². The number of carbonyl (C=O) groups is 1. The third-order valence-electron chi connectivity index (χ3n) is 4.99. The summed E-state index contributed by atoms with van der Waals surface area (Å²) in [6.07, 6.45) is 1.73. The maximum Gasteiger partial charge on any atom is 0.317 e. The monoisotopic (exact) mass is 288 g/mol. The van der Waals surface area contributed by atoms with Crippen LogP contribution in [0.2, 0.25) is 0 Å². The summed E-state index contributed by atoms with van der Waals surface area (Å²) in [4.78, 5) is 14.1. The molecule has 3 atom stereocenters. The zero-order valence-electron chi connectivity index (χ0n) is 12.7. The minimum absolute atomic E-state index is 0.0368. The maximum absolute atomic E-state index is 12.4. The fourth-order valence-corrected chi connectivity index (χ4v) is 3.29. The van der Waals surface area contributed by atoms with E-state index in [4.69, 9.17) is 0 Å². The van der Waals surface area contributed by atoms with Crippen molar-refractivity contribution in [2.24, 2.45) is 5.41 Å². The molecule has 114 valence electrons. The Bertz CT molecular complexity index is 515. The molecular formula is C17H24N2O2. The Morgan fingerprint density at radius 3 is 2.52 bits per heavy atom. The smallest absolute Gasteiger partial charge is 0.317 e. The summed E-state index contributed by atoms with van der Waals surface area (Å²) in [7, 11) is 0. The average Bonchev–Trinajstić information content (AvgIpc) is 2.70. The van der Waals surface area contributed by atoms with Gasteiger partial charge in [-0.3, -0.25) is 0 Å². The summed E-state index contributed by atoms with van der Waals surface area (Å²) in [5.41, 5.74) is 1.09. The van der Waals surface area contributed by atoms with Crippen LogP contribution in [0.15, 0.2) is 30.3 Å². The number of urea groups is 1. The standard InChI is InChI=1S/C17H24N2O2/c1-17(2)11-19(10-15(17)20)16(21)18-14-9-8-13(14)12-6-4-3-5-7-12/h3-7,13-15,20H,8-11H2,1-2H3,(H,18,21)/t13-,14-,15?/m1/s1. The van der Waals surface area contributed by atoms with E-state index in [0.717, 1.165) is 12.8 Å². The summed E-state index contributed by atoms with van der Waals surface area (Å²) in [6.45, 7) is 5.05. The predicted octanol–water partition coefficient (Wildman–Crippen LogP) is 2.34. The first kappa shape index (κ1) is 14.4. The molecule has 1 saturated carbocycles. The number of aliphatic hydroxyl groups is 1. The number of hydrogen-bond acceptors (Lipinski definition) is 2. The summed E-state index contributed by atoms with van der Waals surface area (Å²) in [5.74, 6) is 0.427. The van der Waals surface area contributed by atoms with E-state index in [0.29, 0.717) is 19.0 Å². The number of nitrogens with zero attached hydrogens (tertiary/aromatic N) is 1.